The van der Waals surface area contributed by atoms with Crippen LogP contribution in [-0.2, 0) is 4.79 Å². The first-order chi connectivity index (χ1) is 8.61. The molecule has 0 aliphatic rings. The lowest BCUT2D eigenvalue weighted by atomic mass is 9.74. The molecule has 19 heavy (non-hydrogen) atoms. The van der Waals surface area contributed by atoms with E-state index in [9.17, 15) is 9.18 Å². The largest absolute Gasteiger partial charge is 0.325 e. The number of carbonyl (C=O) groups is 1. The van der Waals surface area contributed by atoms with Gasteiger partial charge in [0.2, 0.25) is 5.91 Å². The Morgan fingerprint density at radius 3 is 2.32 bits per heavy atom. The van der Waals surface area contributed by atoms with Crippen molar-refractivity contribution in [3.8, 4) is 0 Å². The Morgan fingerprint density at radius 2 is 1.89 bits per heavy atom. The van der Waals surface area contributed by atoms with Crippen LogP contribution in [-0.4, -0.2) is 18.0 Å². The van der Waals surface area contributed by atoms with Gasteiger partial charge in [-0.2, -0.15) is 0 Å². The quantitative estimate of drug-likeness (QED) is 0.910. The second-order valence-electron chi connectivity index (χ2n) is 5.88. The molecule has 0 radical (unpaired) electrons. The lowest BCUT2D eigenvalue weighted by Crippen LogP contribution is -2.56. The Labute approximate surface area is 114 Å². The predicted octanol–water partition coefficient (Wildman–Crippen LogP) is 2.94. The summed E-state index contributed by atoms with van der Waals surface area (Å²) in [7, 11) is 0. The molecule has 0 fully saturated rings. The van der Waals surface area contributed by atoms with E-state index in [1.807, 2.05) is 34.6 Å². The normalized spacial score (nSPS) is 12.4. The summed E-state index contributed by atoms with van der Waals surface area (Å²) >= 11 is 0. The average molecular weight is 266 g/mol. The Bertz CT molecular complexity index is 463. The van der Waals surface area contributed by atoms with Crippen LogP contribution >= 0.6 is 0 Å². The Morgan fingerprint density at radius 1 is 1.32 bits per heavy atom. The molecule has 3 nitrogen and oxygen atoms in total. The van der Waals surface area contributed by atoms with Crippen molar-refractivity contribution in [3.05, 3.63) is 30.1 Å². The molecule has 106 valence electrons. The van der Waals surface area contributed by atoms with Gasteiger partial charge in [0.05, 0.1) is 5.41 Å². The SMILES string of the molecule is CCN(C(=O)C(C)(C)C(C)(C)N)c1cccc(F)c1. The predicted molar refractivity (Wildman–Crippen MR) is 76.5 cm³/mol. The molecule has 0 atom stereocenters. The number of hydrogen-bond donors (Lipinski definition) is 1. The standard InChI is InChI=1S/C15H23FN2O/c1-6-18(12-9-7-8-11(16)10-12)13(19)14(2,3)15(4,5)17/h7-10H,6,17H2,1-5H3. The monoisotopic (exact) mass is 266 g/mol. The molecule has 1 rings (SSSR count). The number of amides is 1. The number of rotatable bonds is 4. The molecule has 2 N–H and O–H groups in total. The third kappa shape index (κ3) is 3.13. The average Bonchev–Trinajstić information content (AvgIpc) is 2.28. The summed E-state index contributed by atoms with van der Waals surface area (Å²) in [6.07, 6.45) is 0. The van der Waals surface area contributed by atoms with Crippen molar-refractivity contribution in [1.82, 2.24) is 0 Å². The first-order valence-corrected chi connectivity index (χ1v) is 6.47. The van der Waals surface area contributed by atoms with Crippen LogP contribution in [0.2, 0.25) is 0 Å². The van der Waals surface area contributed by atoms with E-state index in [0.717, 1.165) is 0 Å². The van der Waals surface area contributed by atoms with Gasteiger partial charge in [-0.3, -0.25) is 4.79 Å². The van der Waals surface area contributed by atoms with Crippen LogP contribution in [0, 0.1) is 11.2 Å². The molecule has 0 aliphatic heterocycles. The summed E-state index contributed by atoms with van der Waals surface area (Å²) in [6.45, 7) is 9.62. The van der Waals surface area contributed by atoms with Crippen LogP contribution in [0.1, 0.15) is 34.6 Å². The number of carbonyl (C=O) groups excluding carboxylic acids is 1. The fourth-order valence-electron chi connectivity index (χ4n) is 1.70. The maximum absolute atomic E-state index is 13.3. The van der Waals surface area contributed by atoms with Crippen LogP contribution in [0.25, 0.3) is 0 Å². The third-order valence-electron chi connectivity index (χ3n) is 3.83. The maximum atomic E-state index is 13.3. The fourth-order valence-corrected chi connectivity index (χ4v) is 1.70. The molecular formula is C15H23FN2O. The van der Waals surface area contributed by atoms with Crippen molar-refractivity contribution < 1.29 is 9.18 Å². The van der Waals surface area contributed by atoms with Gasteiger partial charge in [0, 0.05) is 17.8 Å². The number of anilines is 1. The van der Waals surface area contributed by atoms with Gasteiger partial charge in [0.1, 0.15) is 5.82 Å². The summed E-state index contributed by atoms with van der Waals surface area (Å²) in [4.78, 5) is 14.2. The highest BCUT2D eigenvalue weighted by atomic mass is 19.1. The van der Waals surface area contributed by atoms with Crippen LogP contribution in [0.5, 0.6) is 0 Å². The van der Waals surface area contributed by atoms with E-state index in [0.29, 0.717) is 12.2 Å². The lowest BCUT2D eigenvalue weighted by Gasteiger charge is -2.40. The van der Waals surface area contributed by atoms with E-state index in [1.165, 1.54) is 12.1 Å². The summed E-state index contributed by atoms with van der Waals surface area (Å²) in [6, 6.07) is 6.05. The van der Waals surface area contributed by atoms with Gasteiger partial charge in [0.25, 0.3) is 0 Å². The summed E-state index contributed by atoms with van der Waals surface area (Å²) in [5.74, 6) is -0.457. The maximum Gasteiger partial charge on any atom is 0.234 e. The molecule has 0 unspecified atom stereocenters. The molecule has 0 heterocycles. The smallest absolute Gasteiger partial charge is 0.234 e. The van der Waals surface area contributed by atoms with Gasteiger partial charge >= 0.3 is 0 Å². The molecule has 0 aromatic heterocycles. The van der Waals surface area contributed by atoms with Crippen molar-refractivity contribution in [2.24, 2.45) is 11.1 Å². The van der Waals surface area contributed by atoms with Crippen LogP contribution < -0.4 is 10.6 Å². The second-order valence-corrected chi connectivity index (χ2v) is 5.88. The van der Waals surface area contributed by atoms with E-state index >= 15 is 0 Å². The van der Waals surface area contributed by atoms with Gasteiger partial charge in [-0.1, -0.05) is 6.07 Å². The zero-order chi connectivity index (χ0) is 14.8. The van der Waals surface area contributed by atoms with Gasteiger partial charge in [-0.05, 0) is 52.8 Å². The zero-order valence-corrected chi connectivity index (χ0v) is 12.3. The minimum Gasteiger partial charge on any atom is -0.325 e. The summed E-state index contributed by atoms with van der Waals surface area (Å²) < 4.78 is 13.3. The van der Waals surface area contributed by atoms with E-state index in [2.05, 4.69) is 0 Å². The van der Waals surface area contributed by atoms with Crippen LogP contribution in [0.4, 0.5) is 10.1 Å². The van der Waals surface area contributed by atoms with Crippen LogP contribution in [0.15, 0.2) is 24.3 Å². The van der Waals surface area contributed by atoms with Crippen molar-refractivity contribution >= 4 is 11.6 Å². The topological polar surface area (TPSA) is 46.3 Å². The first kappa shape index (κ1) is 15.6. The van der Waals surface area contributed by atoms with Gasteiger partial charge in [0.15, 0.2) is 0 Å². The van der Waals surface area contributed by atoms with E-state index in [1.54, 1.807) is 17.0 Å². The van der Waals surface area contributed by atoms with Crippen molar-refractivity contribution in [2.75, 3.05) is 11.4 Å². The Kier molecular flexibility index (Phi) is 4.35. The number of halogens is 1. The minimum atomic E-state index is -0.741. The van der Waals surface area contributed by atoms with Crippen LogP contribution in [0.3, 0.4) is 0 Å². The first-order valence-electron chi connectivity index (χ1n) is 6.47. The number of nitrogens with zero attached hydrogens (tertiary/aromatic N) is 1. The Balaban J connectivity index is 3.15. The molecule has 0 saturated carbocycles. The highest BCUT2D eigenvalue weighted by molar-refractivity contribution is 5.98. The van der Waals surface area contributed by atoms with Crippen molar-refractivity contribution in [2.45, 2.75) is 40.2 Å². The van der Waals surface area contributed by atoms with E-state index in [4.69, 9.17) is 5.73 Å². The molecule has 0 spiro atoms. The zero-order valence-electron chi connectivity index (χ0n) is 12.3. The molecule has 1 amide bonds. The summed E-state index contributed by atoms with van der Waals surface area (Å²) in [5, 5.41) is 0. The van der Waals surface area contributed by atoms with E-state index in [-0.39, 0.29) is 11.7 Å². The number of benzene rings is 1. The molecule has 4 heteroatoms. The molecule has 1 aromatic rings. The minimum absolute atomic E-state index is 0.104. The lowest BCUT2D eigenvalue weighted by molar-refractivity contribution is -0.129. The molecule has 0 aliphatic carbocycles. The second kappa shape index (κ2) is 5.29. The summed E-state index contributed by atoms with van der Waals surface area (Å²) in [5.41, 5.74) is 5.25. The van der Waals surface area contributed by atoms with Crippen molar-refractivity contribution in [1.29, 1.82) is 0 Å². The van der Waals surface area contributed by atoms with Crippen molar-refractivity contribution in [3.63, 3.8) is 0 Å². The van der Waals surface area contributed by atoms with E-state index < -0.39 is 11.0 Å². The van der Waals surface area contributed by atoms with Gasteiger partial charge < -0.3 is 10.6 Å². The highest BCUT2D eigenvalue weighted by Gasteiger charge is 2.42. The van der Waals surface area contributed by atoms with Gasteiger partial charge in [-0.25, -0.2) is 4.39 Å². The number of nitrogens with two attached hydrogens (primary N) is 1. The fraction of sp³-hybridized carbons (Fsp3) is 0.533. The van der Waals surface area contributed by atoms with Gasteiger partial charge in [-0.15, -0.1) is 0 Å². The molecule has 0 bridgehead atoms. The molecule has 1 aromatic carbocycles. The molecular weight excluding hydrogens is 243 g/mol. The third-order valence-corrected chi connectivity index (χ3v) is 3.83. The Hall–Kier alpha value is -1.42. The highest BCUT2D eigenvalue weighted by Crippen LogP contribution is 2.32. The number of hydrogen-bond acceptors (Lipinski definition) is 2. The molecule has 0 saturated heterocycles.